The molecule has 0 spiro atoms. The Morgan fingerprint density at radius 2 is 1.75 bits per heavy atom. The second kappa shape index (κ2) is 12.8. The Kier molecular flexibility index (Phi) is 8.97. The summed E-state index contributed by atoms with van der Waals surface area (Å²) in [4.78, 5) is 12.6. The lowest BCUT2D eigenvalue weighted by atomic mass is 10.1. The van der Waals surface area contributed by atoms with Crippen molar-refractivity contribution in [2.24, 2.45) is 0 Å². The first-order chi connectivity index (χ1) is 17.6. The van der Waals surface area contributed by atoms with E-state index < -0.39 is 5.91 Å². The van der Waals surface area contributed by atoms with E-state index in [9.17, 15) is 4.79 Å². The van der Waals surface area contributed by atoms with E-state index in [0.29, 0.717) is 36.1 Å². The molecule has 188 valence electrons. The molecule has 36 heavy (non-hydrogen) atoms. The number of hydrogen-bond donors (Lipinski definition) is 1. The van der Waals surface area contributed by atoms with Crippen LogP contribution in [0.25, 0.3) is 11.1 Å². The Morgan fingerprint density at radius 1 is 0.972 bits per heavy atom. The van der Waals surface area contributed by atoms with Crippen molar-refractivity contribution in [1.29, 1.82) is 0 Å². The van der Waals surface area contributed by atoms with E-state index in [1.807, 2.05) is 42.5 Å². The lowest BCUT2D eigenvalue weighted by Crippen LogP contribution is -2.24. The van der Waals surface area contributed by atoms with Crippen molar-refractivity contribution in [3.05, 3.63) is 85.1 Å². The summed E-state index contributed by atoms with van der Waals surface area (Å²) in [6.45, 7) is 5.27. The number of amides is 1. The number of carbonyl (C=O) groups is 1. The van der Waals surface area contributed by atoms with Crippen molar-refractivity contribution < 1.29 is 28.5 Å². The van der Waals surface area contributed by atoms with Gasteiger partial charge in [0.15, 0.2) is 23.5 Å². The Morgan fingerprint density at radius 3 is 2.47 bits per heavy atom. The highest BCUT2D eigenvalue weighted by atomic mass is 16.7. The highest BCUT2D eigenvalue weighted by molar-refractivity contribution is 6.02. The quantitative estimate of drug-likeness (QED) is 0.208. The van der Waals surface area contributed by atoms with Gasteiger partial charge in [-0.05, 0) is 54.7 Å². The van der Waals surface area contributed by atoms with Gasteiger partial charge in [0, 0.05) is 18.4 Å². The van der Waals surface area contributed by atoms with Crippen molar-refractivity contribution >= 4 is 11.6 Å². The highest BCUT2D eigenvalue weighted by Gasteiger charge is 2.15. The van der Waals surface area contributed by atoms with Crippen molar-refractivity contribution in [3.8, 4) is 28.4 Å². The summed E-state index contributed by atoms with van der Waals surface area (Å²) >= 11 is 0. The van der Waals surface area contributed by atoms with Crippen LogP contribution in [0, 0.1) is 0 Å². The second-order valence-electron chi connectivity index (χ2n) is 8.25. The Hall–Kier alpha value is -3.81. The summed E-state index contributed by atoms with van der Waals surface area (Å²) < 4.78 is 28.1. The van der Waals surface area contributed by atoms with Crippen molar-refractivity contribution in [3.63, 3.8) is 0 Å². The summed E-state index contributed by atoms with van der Waals surface area (Å²) in [6, 6.07) is 22.6. The molecule has 1 atom stereocenters. The fourth-order valence-electron chi connectivity index (χ4n) is 3.77. The lowest BCUT2D eigenvalue weighted by Gasteiger charge is -2.22. The Labute approximate surface area is 211 Å². The molecule has 0 radical (unpaired) electrons. The zero-order valence-corrected chi connectivity index (χ0v) is 20.4. The summed E-state index contributed by atoms with van der Waals surface area (Å²) in [5, 5.41) is 2.77. The number of anilines is 1. The van der Waals surface area contributed by atoms with Crippen molar-refractivity contribution in [2.75, 3.05) is 32.2 Å². The number of benzene rings is 3. The molecule has 1 saturated heterocycles. The normalized spacial score (nSPS) is 15.1. The standard InChI is InChI=1S/C29H31NO6/c1-21(36-25-14-11-23(12-15-25)22-8-4-3-5-9-22)29(31)30-24-13-16-26(27(20-24)32-2)33-18-19-35-28-10-6-7-17-34-28/h3-5,8-9,11-16,20,28H,1,6-7,10,17-19H2,2H3,(H,30,31). The van der Waals surface area contributed by atoms with Crippen LogP contribution < -0.4 is 19.5 Å². The van der Waals surface area contributed by atoms with Gasteiger partial charge < -0.3 is 29.0 Å². The molecule has 1 heterocycles. The first-order valence-electron chi connectivity index (χ1n) is 12.0. The average molecular weight is 490 g/mol. The van der Waals surface area contributed by atoms with Crippen LogP contribution in [0.15, 0.2) is 85.1 Å². The summed E-state index contributed by atoms with van der Waals surface area (Å²) in [5.74, 6) is 1.08. The number of carbonyl (C=O) groups excluding carboxylic acids is 1. The van der Waals surface area contributed by atoms with Gasteiger partial charge in [0.1, 0.15) is 12.4 Å². The van der Waals surface area contributed by atoms with Crippen LogP contribution >= 0.6 is 0 Å². The molecular weight excluding hydrogens is 458 g/mol. The van der Waals surface area contributed by atoms with Gasteiger partial charge in [0.2, 0.25) is 0 Å². The van der Waals surface area contributed by atoms with E-state index in [-0.39, 0.29) is 12.0 Å². The summed E-state index contributed by atoms with van der Waals surface area (Å²) in [6.07, 6.45) is 2.95. The van der Waals surface area contributed by atoms with E-state index in [1.54, 1.807) is 37.4 Å². The first kappa shape index (κ1) is 25.3. The Balaban J connectivity index is 1.27. The number of rotatable bonds is 11. The number of nitrogens with one attached hydrogen (secondary N) is 1. The van der Waals surface area contributed by atoms with E-state index >= 15 is 0 Å². The minimum atomic E-state index is -0.460. The van der Waals surface area contributed by atoms with Crippen LogP contribution in [0.5, 0.6) is 17.2 Å². The van der Waals surface area contributed by atoms with E-state index in [0.717, 1.165) is 37.0 Å². The largest absolute Gasteiger partial charge is 0.493 e. The van der Waals surface area contributed by atoms with Crippen LogP contribution in [0.4, 0.5) is 5.69 Å². The van der Waals surface area contributed by atoms with Gasteiger partial charge in [-0.3, -0.25) is 4.79 Å². The maximum atomic E-state index is 12.6. The van der Waals surface area contributed by atoms with Gasteiger partial charge >= 0.3 is 0 Å². The first-order valence-corrected chi connectivity index (χ1v) is 12.0. The van der Waals surface area contributed by atoms with E-state index in [1.165, 1.54) is 0 Å². The van der Waals surface area contributed by atoms with Crippen molar-refractivity contribution in [1.82, 2.24) is 0 Å². The van der Waals surface area contributed by atoms with Crippen LogP contribution in [0.2, 0.25) is 0 Å². The summed E-state index contributed by atoms with van der Waals surface area (Å²) in [7, 11) is 1.54. The maximum Gasteiger partial charge on any atom is 0.290 e. The minimum Gasteiger partial charge on any atom is -0.493 e. The van der Waals surface area contributed by atoms with Crippen LogP contribution in [-0.4, -0.2) is 39.1 Å². The molecule has 7 nitrogen and oxygen atoms in total. The van der Waals surface area contributed by atoms with E-state index in [4.69, 9.17) is 23.7 Å². The fraction of sp³-hybridized carbons (Fsp3) is 0.276. The average Bonchev–Trinajstić information content (AvgIpc) is 2.93. The SMILES string of the molecule is C=C(Oc1ccc(-c2ccccc2)cc1)C(=O)Nc1ccc(OCCOC2CCCCO2)c(OC)c1. The molecule has 3 aromatic rings. The maximum absolute atomic E-state index is 12.6. The molecule has 0 saturated carbocycles. The zero-order valence-electron chi connectivity index (χ0n) is 20.4. The molecule has 0 aliphatic carbocycles. The van der Waals surface area contributed by atoms with Gasteiger partial charge in [-0.15, -0.1) is 0 Å². The second-order valence-corrected chi connectivity index (χ2v) is 8.25. The van der Waals surface area contributed by atoms with E-state index in [2.05, 4.69) is 11.9 Å². The highest BCUT2D eigenvalue weighted by Crippen LogP contribution is 2.30. The number of ether oxygens (including phenoxy) is 5. The third-order valence-corrected chi connectivity index (χ3v) is 5.66. The molecule has 4 rings (SSSR count). The lowest BCUT2D eigenvalue weighted by molar-refractivity contribution is -0.165. The van der Waals surface area contributed by atoms with Gasteiger partial charge in [0.05, 0.1) is 13.7 Å². The fourth-order valence-corrected chi connectivity index (χ4v) is 3.77. The molecule has 1 unspecified atom stereocenters. The van der Waals surface area contributed by atoms with Crippen molar-refractivity contribution in [2.45, 2.75) is 25.6 Å². The van der Waals surface area contributed by atoms with Gasteiger partial charge in [-0.25, -0.2) is 0 Å². The molecular formula is C29H31NO6. The van der Waals surface area contributed by atoms with Gasteiger partial charge in [0.25, 0.3) is 5.91 Å². The molecule has 1 fully saturated rings. The van der Waals surface area contributed by atoms with Crippen LogP contribution in [0.1, 0.15) is 19.3 Å². The van der Waals surface area contributed by atoms with Gasteiger partial charge in [-0.2, -0.15) is 0 Å². The Bertz CT molecular complexity index is 1140. The molecule has 0 bridgehead atoms. The predicted molar refractivity (Wildman–Crippen MR) is 138 cm³/mol. The predicted octanol–water partition coefficient (Wildman–Crippen LogP) is 5.82. The van der Waals surface area contributed by atoms with Gasteiger partial charge in [-0.1, -0.05) is 49.0 Å². The summed E-state index contributed by atoms with van der Waals surface area (Å²) in [5.41, 5.74) is 2.69. The zero-order chi connectivity index (χ0) is 25.2. The molecule has 1 aliphatic rings. The van der Waals surface area contributed by atoms with Crippen LogP contribution in [0.3, 0.4) is 0 Å². The molecule has 0 aromatic heterocycles. The monoisotopic (exact) mass is 489 g/mol. The van der Waals surface area contributed by atoms with Crippen LogP contribution in [-0.2, 0) is 14.3 Å². The molecule has 1 aliphatic heterocycles. The molecule has 1 N–H and O–H groups in total. The number of hydrogen-bond acceptors (Lipinski definition) is 6. The molecule has 1 amide bonds. The third-order valence-electron chi connectivity index (χ3n) is 5.66. The smallest absolute Gasteiger partial charge is 0.290 e. The molecule has 7 heteroatoms. The number of methoxy groups -OCH3 is 1. The minimum absolute atomic E-state index is 0.0242. The topological polar surface area (TPSA) is 75.3 Å². The third kappa shape index (κ3) is 7.10. The molecule has 3 aromatic carbocycles.